The second-order valence-electron chi connectivity index (χ2n) is 4.06. The Hall–Kier alpha value is -1.39. The highest BCUT2D eigenvalue weighted by Gasteiger charge is 2.12. The predicted molar refractivity (Wildman–Crippen MR) is 75.2 cm³/mol. The average Bonchev–Trinajstić information content (AvgIpc) is 2.91. The van der Waals surface area contributed by atoms with E-state index in [-0.39, 0.29) is 0 Å². The molecule has 0 saturated carbocycles. The van der Waals surface area contributed by atoms with Crippen LogP contribution in [-0.2, 0) is 6.42 Å². The summed E-state index contributed by atoms with van der Waals surface area (Å²) >= 11 is 1.70. The Labute approximate surface area is 112 Å². The van der Waals surface area contributed by atoms with Crippen LogP contribution in [0.4, 0.5) is 0 Å². The summed E-state index contributed by atoms with van der Waals surface area (Å²) in [5.41, 5.74) is 3.13. The molecule has 0 aliphatic heterocycles. The van der Waals surface area contributed by atoms with E-state index in [1.165, 1.54) is 10.4 Å². The molecule has 18 heavy (non-hydrogen) atoms. The van der Waals surface area contributed by atoms with Gasteiger partial charge in [0, 0.05) is 23.5 Å². The van der Waals surface area contributed by atoms with Crippen molar-refractivity contribution in [2.45, 2.75) is 19.4 Å². The maximum Gasteiger partial charge on any atom is 0.119 e. The first-order chi connectivity index (χ1) is 8.83. The fourth-order valence-corrected chi connectivity index (χ4v) is 2.60. The Morgan fingerprint density at radius 2 is 2.33 bits per heavy atom. The average molecular weight is 262 g/mol. The van der Waals surface area contributed by atoms with Crippen LogP contribution in [0.3, 0.4) is 0 Å². The van der Waals surface area contributed by atoms with Crippen molar-refractivity contribution >= 4 is 11.3 Å². The van der Waals surface area contributed by atoms with Gasteiger partial charge >= 0.3 is 0 Å². The van der Waals surface area contributed by atoms with Crippen LogP contribution in [0.5, 0.6) is 5.75 Å². The third kappa shape index (κ3) is 3.31. The Bertz CT molecular complexity index is 470. The minimum Gasteiger partial charge on any atom is -0.497 e. The standard InChI is InChI=1S/C14H18N2OS/c1-3-16-14(8-13-9-15-10-18-13)11-5-4-6-12(7-11)17-2/h4-7,9-10,14,16H,3,8H2,1-2H3. The minimum atomic E-state index is 0.311. The van der Waals surface area contributed by atoms with Gasteiger partial charge in [-0.3, -0.25) is 4.98 Å². The Balaban J connectivity index is 2.17. The van der Waals surface area contributed by atoms with Crippen LogP contribution in [0.15, 0.2) is 36.0 Å². The summed E-state index contributed by atoms with van der Waals surface area (Å²) in [7, 11) is 1.70. The predicted octanol–water partition coefficient (Wildman–Crippen LogP) is 3.05. The quantitative estimate of drug-likeness (QED) is 0.869. The van der Waals surface area contributed by atoms with Crippen molar-refractivity contribution in [3.63, 3.8) is 0 Å². The van der Waals surface area contributed by atoms with Crippen LogP contribution in [0, 0.1) is 0 Å². The lowest BCUT2D eigenvalue weighted by Crippen LogP contribution is -2.22. The Morgan fingerprint density at radius 1 is 1.44 bits per heavy atom. The number of ether oxygens (including phenoxy) is 1. The minimum absolute atomic E-state index is 0.311. The molecule has 1 atom stereocenters. The van der Waals surface area contributed by atoms with Crippen LogP contribution in [-0.4, -0.2) is 18.6 Å². The molecule has 0 amide bonds. The van der Waals surface area contributed by atoms with Crippen molar-refractivity contribution in [1.82, 2.24) is 10.3 Å². The van der Waals surface area contributed by atoms with E-state index in [1.54, 1.807) is 18.4 Å². The van der Waals surface area contributed by atoms with E-state index < -0.39 is 0 Å². The van der Waals surface area contributed by atoms with Gasteiger partial charge in [0.1, 0.15) is 5.75 Å². The zero-order chi connectivity index (χ0) is 12.8. The van der Waals surface area contributed by atoms with E-state index in [0.29, 0.717) is 6.04 Å². The molecule has 2 rings (SSSR count). The van der Waals surface area contributed by atoms with Gasteiger partial charge in [-0.2, -0.15) is 0 Å². The van der Waals surface area contributed by atoms with Crippen molar-refractivity contribution in [2.24, 2.45) is 0 Å². The van der Waals surface area contributed by atoms with Crippen LogP contribution in [0.2, 0.25) is 0 Å². The van der Waals surface area contributed by atoms with Crippen molar-refractivity contribution in [3.8, 4) is 5.75 Å². The zero-order valence-corrected chi connectivity index (χ0v) is 11.5. The maximum absolute atomic E-state index is 5.28. The molecule has 3 nitrogen and oxygen atoms in total. The second-order valence-corrected chi connectivity index (χ2v) is 5.03. The largest absolute Gasteiger partial charge is 0.497 e. The molecular weight excluding hydrogens is 244 g/mol. The van der Waals surface area contributed by atoms with Crippen molar-refractivity contribution in [1.29, 1.82) is 0 Å². The van der Waals surface area contributed by atoms with Crippen molar-refractivity contribution in [3.05, 3.63) is 46.4 Å². The highest BCUT2D eigenvalue weighted by molar-refractivity contribution is 7.09. The highest BCUT2D eigenvalue weighted by Crippen LogP contribution is 2.23. The molecule has 4 heteroatoms. The molecule has 0 saturated heterocycles. The van der Waals surface area contributed by atoms with Gasteiger partial charge in [-0.1, -0.05) is 19.1 Å². The number of nitrogens with zero attached hydrogens (tertiary/aromatic N) is 1. The molecular formula is C14H18N2OS. The van der Waals surface area contributed by atoms with Crippen molar-refractivity contribution in [2.75, 3.05) is 13.7 Å². The van der Waals surface area contributed by atoms with Gasteiger partial charge in [-0.05, 0) is 24.2 Å². The highest BCUT2D eigenvalue weighted by atomic mass is 32.1. The zero-order valence-electron chi connectivity index (χ0n) is 10.7. The molecule has 0 radical (unpaired) electrons. The number of hydrogen-bond acceptors (Lipinski definition) is 4. The van der Waals surface area contributed by atoms with E-state index in [4.69, 9.17) is 4.74 Å². The summed E-state index contributed by atoms with van der Waals surface area (Å²) < 4.78 is 5.28. The van der Waals surface area contributed by atoms with E-state index in [0.717, 1.165) is 18.7 Å². The molecule has 1 aromatic heterocycles. The number of likely N-dealkylation sites (N-methyl/N-ethyl adjacent to an activating group) is 1. The first-order valence-electron chi connectivity index (χ1n) is 6.08. The molecule has 2 aromatic rings. The van der Waals surface area contributed by atoms with Gasteiger partial charge in [-0.25, -0.2) is 0 Å². The fourth-order valence-electron chi connectivity index (χ4n) is 1.96. The Kier molecular flexibility index (Phi) is 4.73. The number of thiazole rings is 1. The first-order valence-corrected chi connectivity index (χ1v) is 6.96. The van der Waals surface area contributed by atoms with Gasteiger partial charge in [-0.15, -0.1) is 11.3 Å². The van der Waals surface area contributed by atoms with Gasteiger partial charge in [0.15, 0.2) is 0 Å². The summed E-state index contributed by atoms with van der Waals surface area (Å²) in [5, 5.41) is 3.51. The molecule has 1 heterocycles. The summed E-state index contributed by atoms with van der Waals surface area (Å²) in [6, 6.07) is 8.54. The van der Waals surface area contributed by atoms with E-state index >= 15 is 0 Å². The number of nitrogens with one attached hydrogen (secondary N) is 1. The number of methoxy groups -OCH3 is 1. The summed E-state index contributed by atoms with van der Waals surface area (Å²) in [6.07, 6.45) is 2.90. The molecule has 1 N–H and O–H groups in total. The third-order valence-corrected chi connectivity index (χ3v) is 3.64. The van der Waals surface area contributed by atoms with Crippen LogP contribution in [0.1, 0.15) is 23.4 Å². The number of hydrogen-bond donors (Lipinski definition) is 1. The molecule has 0 fully saturated rings. The van der Waals surface area contributed by atoms with Crippen LogP contribution >= 0.6 is 11.3 Å². The first kappa shape index (κ1) is 13.1. The van der Waals surface area contributed by atoms with Crippen LogP contribution < -0.4 is 10.1 Å². The van der Waals surface area contributed by atoms with Gasteiger partial charge in [0.2, 0.25) is 0 Å². The Morgan fingerprint density at radius 3 is 3.00 bits per heavy atom. The van der Waals surface area contributed by atoms with E-state index in [9.17, 15) is 0 Å². The lowest BCUT2D eigenvalue weighted by Gasteiger charge is -2.18. The fraction of sp³-hybridized carbons (Fsp3) is 0.357. The number of aromatic nitrogens is 1. The van der Waals surface area contributed by atoms with Gasteiger partial charge < -0.3 is 10.1 Å². The molecule has 1 unspecified atom stereocenters. The molecule has 96 valence electrons. The van der Waals surface area contributed by atoms with Crippen molar-refractivity contribution < 1.29 is 4.74 Å². The molecule has 0 aliphatic rings. The number of benzene rings is 1. The third-order valence-electron chi connectivity index (χ3n) is 2.84. The van der Waals surface area contributed by atoms with Gasteiger partial charge in [0.05, 0.1) is 12.6 Å². The number of rotatable bonds is 6. The summed E-state index contributed by atoms with van der Waals surface area (Å²) in [6.45, 7) is 3.07. The molecule has 0 aliphatic carbocycles. The van der Waals surface area contributed by atoms with Gasteiger partial charge in [0.25, 0.3) is 0 Å². The smallest absolute Gasteiger partial charge is 0.119 e. The monoisotopic (exact) mass is 262 g/mol. The van der Waals surface area contributed by atoms with E-state index in [2.05, 4.69) is 29.4 Å². The SMILES string of the molecule is CCNC(Cc1cncs1)c1cccc(OC)c1. The lowest BCUT2D eigenvalue weighted by molar-refractivity contribution is 0.413. The maximum atomic E-state index is 5.28. The second kappa shape index (κ2) is 6.52. The normalized spacial score (nSPS) is 12.3. The molecule has 1 aromatic carbocycles. The van der Waals surface area contributed by atoms with Crippen LogP contribution in [0.25, 0.3) is 0 Å². The molecule has 0 bridgehead atoms. The van der Waals surface area contributed by atoms with E-state index in [1.807, 2.05) is 23.8 Å². The lowest BCUT2D eigenvalue weighted by atomic mass is 10.0. The topological polar surface area (TPSA) is 34.2 Å². The molecule has 0 spiro atoms. The summed E-state index contributed by atoms with van der Waals surface area (Å²) in [4.78, 5) is 5.42. The summed E-state index contributed by atoms with van der Waals surface area (Å²) in [5.74, 6) is 0.903.